The number of carboxylic acids is 1. The van der Waals surface area contributed by atoms with E-state index in [9.17, 15) is 9.90 Å². The Labute approximate surface area is 222 Å². The molecule has 1 aromatic carbocycles. The Morgan fingerprint density at radius 3 is 2.76 bits per heavy atom. The predicted octanol–water partition coefficient (Wildman–Crippen LogP) is 6.66. The first kappa shape index (κ1) is 27.3. The number of aromatic nitrogens is 2. The van der Waals surface area contributed by atoms with Crippen LogP contribution < -0.4 is 4.74 Å². The first-order valence-corrected chi connectivity index (χ1v) is 13.4. The molecule has 6 nitrogen and oxygen atoms in total. The highest BCUT2D eigenvalue weighted by molar-refractivity contribution is 6.32. The molecule has 198 valence electrons. The Hall–Kier alpha value is -2.77. The van der Waals surface area contributed by atoms with Gasteiger partial charge < -0.3 is 14.7 Å². The molecule has 0 radical (unpaired) electrons. The van der Waals surface area contributed by atoms with Gasteiger partial charge in [0.1, 0.15) is 11.9 Å². The Balaban J connectivity index is 1.35. The lowest BCUT2D eigenvalue weighted by molar-refractivity contribution is -0.141. The van der Waals surface area contributed by atoms with E-state index >= 15 is 4.39 Å². The Kier molecular flexibility index (Phi) is 9.33. The molecule has 1 aliphatic heterocycles. The molecule has 0 unspecified atom stereocenters. The molecule has 2 aromatic heterocycles. The molecule has 1 aliphatic rings. The highest BCUT2D eigenvalue weighted by Gasteiger charge is 2.37. The van der Waals surface area contributed by atoms with Crippen LogP contribution in [-0.2, 0) is 11.2 Å². The Morgan fingerprint density at radius 1 is 1.24 bits per heavy atom. The summed E-state index contributed by atoms with van der Waals surface area (Å²) in [5.41, 5.74) is 1.90. The van der Waals surface area contributed by atoms with Gasteiger partial charge in [-0.1, -0.05) is 17.7 Å². The van der Waals surface area contributed by atoms with Crippen LogP contribution in [0.15, 0.2) is 48.9 Å². The summed E-state index contributed by atoms with van der Waals surface area (Å²) in [4.78, 5) is 22.7. The zero-order valence-electron chi connectivity index (χ0n) is 21.3. The van der Waals surface area contributed by atoms with Crippen molar-refractivity contribution in [1.29, 1.82) is 0 Å². The molecular formula is C29H35ClFN3O3. The minimum absolute atomic E-state index is 0.0627. The fourth-order valence-electron chi connectivity index (χ4n) is 5.49. The lowest BCUT2D eigenvalue weighted by Gasteiger charge is -2.41. The van der Waals surface area contributed by atoms with Gasteiger partial charge >= 0.3 is 5.97 Å². The summed E-state index contributed by atoms with van der Waals surface area (Å²) in [6.45, 7) is 2.68. The molecular weight excluding hydrogens is 493 g/mol. The fraction of sp³-hybridized carbons (Fsp3) is 0.483. The predicted molar refractivity (Wildman–Crippen MR) is 144 cm³/mol. The second kappa shape index (κ2) is 12.7. The number of halogens is 2. The van der Waals surface area contributed by atoms with Crippen molar-refractivity contribution in [2.24, 2.45) is 5.41 Å². The standard InChI is InChI=1S/C29H35ClFN3O3/c1-37-22-7-8-26-23(17-22)28(24(30)20-33-26)25(31)9-10-29(18-27(35)36)11-15-34(16-12-29)14-3-2-5-21-6-4-13-32-19-21/h4,6-8,13,17,19-20,25H,2-3,5,9-12,14-16,18H2,1H3,(H,35,36)/t25-/m1/s1. The minimum Gasteiger partial charge on any atom is -0.497 e. The van der Waals surface area contributed by atoms with E-state index in [1.807, 2.05) is 12.3 Å². The topological polar surface area (TPSA) is 75.6 Å². The highest BCUT2D eigenvalue weighted by Crippen LogP contribution is 2.44. The quantitative estimate of drug-likeness (QED) is 0.265. The summed E-state index contributed by atoms with van der Waals surface area (Å²) in [6.07, 6.45) is 9.36. The molecule has 1 saturated heterocycles. The molecule has 4 rings (SSSR count). The summed E-state index contributed by atoms with van der Waals surface area (Å²) in [7, 11) is 1.56. The lowest BCUT2D eigenvalue weighted by Crippen LogP contribution is -2.41. The summed E-state index contributed by atoms with van der Waals surface area (Å²) in [5, 5.41) is 10.6. The average molecular weight is 528 g/mol. The normalized spacial score (nSPS) is 16.5. The van der Waals surface area contributed by atoms with Crippen molar-refractivity contribution in [3.63, 3.8) is 0 Å². The first-order chi connectivity index (χ1) is 17.9. The van der Waals surface area contributed by atoms with Crippen LogP contribution in [0.4, 0.5) is 4.39 Å². The number of aliphatic carboxylic acids is 1. The number of unbranched alkanes of at least 4 members (excludes halogenated alkanes) is 1. The summed E-state index contributed by atoms with van der Waals surface area (Å²) in [5.74, 6) is -0.211. The van der Waals surface area contributed by atoms with Gasteiger partial charge in [-0.25, -0.2) is 4.39 Å². The number of hydrogen-bond donors (Lipinski definition) is 1. The second-order valence-corrected chi connectivity index (χ2v) is 10.5. The number of carboxylic acid groups (broad SMARTS) is 1. The summed E-state index contributed by atoms with van der Waals surface area (Å²) in [6, 6.07) is 9.40. The van der Waals surface area contributed by atoms with Gasteiger partial charge in [0.25, 0.3) is 0 Å². The van der Waals surface area contributed by atoms with Crippen LogP contribution in [0.2, 0.25) is 5.02 Å². The maximum Gasteiger partial charge on any atom is 0.303 e. The van der Waals surface area contributed by atoms with E-state index in [1.54, 1.807) is 31.5 Å². The number of alkyl halides is 1. The van der Waals surface area contributed by atoms with E-state index in [0.717, 1.165) is 51.7 Å². The number of pyridine rings is 2. The molecule has 3 heterocycles. The van der Waals surface area contributed by atoms with Crippen molar-refractivity contribution >= 4 is 28.5 Å². The van der Waals surface area contributed by atoms with Crippen LogP contribution >= 0.6 is 11.6 Å². The molecule has 8 heteroatoms. The monoisotopic (exact) mass is 527 g/mol. The van der Waals surface area contributed by atoms with Crippen molar-refractivity contribution in [3.05, 3.63) is 65.1 Å². The van der Waals surface area contributed by atoms with Gasteiger partial charge in [-0.2, -0.15) is 0 Å². The zero-order chi connectivity index (χ0) is 26.3. The van der Waals surface area contributed by atoms with E-state index in [1.165, 1.54) is 11.8 Å². The minimum atomic E-state index is -1.32. The number of carbonyl (C=O) groups is 1. The highest BCUT2D eigenvalue weighted by atomic mass is 35.5. The van der Waals surface area contributed by atoms with Gasteiger partial charge in [-0.15, -0.1) is 0 Å². The van der Waals surface area contributed by atoms with Crippen molar-refractivity contribution in [2.45, 2.75) is 57.5 Å². The summed E-state index contributed by atoms with van der Waals surface area (Å²) >= 11 is 6.41. The SMILES string of the molecule is COc1ccc2ncc(Cl)c([C@H](F)CCC3(CC(=O)O)CCN(CCCCc4cccnc4)CC3)c2c1. The second-order valence-electron chi connectivity index (χ2n) is 10.1. The van der Waals surface area contributed by atoms with Crippen molar-refractivity contribution in [3.8, 4) is 5.75 Å². The van der Waals surface area contributed by atoms with Gasteiger partial charge in [-0.05, 0) is 99.8 Å². The van der Waals surface area contributed by atoms with Crippen molar-refractivity contribution < 1.29 is 19.0 Å². The third kappa shape index (κ3) is 7.17. The summed E-state index contributed by atoms with van der Waals surface area (Å²) < 4.78 is 21.0. The lowest BCUT2D eigenvalue weighted by atomic mass is 9.71. The first-order valence-electron chi connectivity index (χ1n) is 13.0. The molecule has 0 amide bonds. The number of rotatable bonds is 12. The average Bonchev–Trinajstić information content (AvgIpc) is 2.90. The largest absolute Gasteiger partial charge is 0.497 e. The van der Waals surface area contributed by atoms with Crippen molar-refractivity contribution in [2.75, 3.05) is 26.7 Å². The number of aryl methyl sites for hydroxylation is 1. The van der Waals surface area contributed by atoms with Crippen LogP contribution in [0.3, 0.4) is 0 Å². The molecule has 1 fully saturated rings. The van der Waals surface area contributed by atoms with Gasteiger partial charge in [0.2, 0.25) is 0 Å². The van der Waals surface area contributed by atoms with Gasteiger partial charge in [0, 0.05) is 29.5 Å². The van der Waals surface area contributed by atoms with E-state index in [2.05, 4.69) is 20.9 Å². The van der Waals surface area contributed by atoms with Crippen LogP contribution in [0.25, 0.3) is 10.9 Å². The Morgan fingerprint density at radius 2 is 2.05 bits per heavy atom. The number of likely N-dealkylation sites (tertiary alicyclic amines) is 1. The van der Waals surface area contributed by atoms with Gasteiger partial charge in [0.15, 0.2) is 0 Å². The number of ether oxygens (including phenoxy) is 1. The van der Waals surface area contributed by atoms with E-state index in [-0.39, 0.29) is 17.9 Å². The third-order valence-corrected chi connectivity index (χ3v) is 7.97. The fourth-order valence-corrected chi connectivity index (χ4v) is 5.76. The number of methoxy groups -OCH3 is 1. The molecule has 3 aromatic rings. The maximum atomic E-state index is 15.7. The molecule has 0 saturated carbocycles. The number of piperidine rings is 1. The number of hydrogen-bond acceptors (Lipinski definition) is 5. The third-order valence-electron chi connectivity index (χ3n) is 7.67. The molecule has 0 bridgehead atoms. The van der Waals surface area contributed by atoms with Crippen LogP contribution in [0.1, 0.15) is 62.2 Å². The smallest absolute Gasteiger partial charge is 0.303 e. The van der Waals surface area contributed by atoms with E-state index in [0.29, 0.717) is 28.6 Å². The van der Waals surface area contributed by atoms with Crippen LogP contribution in [0.5, 0.6) is 5.75 Å². The van der Waals surface area contributed by atoms with E-state index in [4.69, 9.17) is 16.3 Å². The molecule has 0 aliphatic carbocycles. The number of nitrogens with zero attached hydrogens (tertiary/aromatic N) is 3. The van der Waals surface area contributed by atoms with Crippen molar-refractivity contribution in [1.82, 2.24) is 14.9 Å². The number of fused-ring (bicyclic) bond motifs is 1. The van der Waals surface area contributed by atoms with E-state index < -0.39 is 17.6 Å². The Bertz CT molecular complexity index is 1190. The van der Waals surface area contributed by atoms with Gasteiger partial charge in [-0.3, -0.25) is 14.8 Å². The zero-order valence-corrected chi connectivity index (χ0v) is 22.1. The number of benzene rings is 1. The van der Waals surface area contributed by atoms with Crippen LogP contribution in [0, 0.1) is 5.41 Å². The van der Waals surface area contributed by atoms with Gasteiger partial charge in [0.05, 0.1) is 24.1 Å². The molecule has 37 heavy (non-hydrogen) atoms. The molecule has 0 spiro atoms. The maximum absolute atomic E-state index is 15.7. The molecule has 1 atom stereocenters. The molecule has 1 N–H and O–H groups in total. The van der Waals surface area contributed by atoms with Crippen LogP contribution in [-0.4, -0.2) is 52.7 Å².